The summed E-state index contributed by atoms with van der Waals surface area (Å²) in [6, 6.07) is 0.628. The number of nitrogens with one attached hydrogen (secondary N) is 1. The molecule has 1 rings (SSSR count). The quantitative estimate of drug-likeness (QED) is 0.721. The number of nitrogens with zero attached hydrogens (tertiary/aromatic N) is 2. The van der Waals surface area contributed by atoms with E-state index in [1.54, 1.807) is 0 Å². The number of likely N-dealkylation sites (tertiary alicyclic amines) is 1. The number of hydrogen-bond donors (Lipinski definition) is 1. The maximum Gasteiger partial charge on any atom is 0.317 e. The van der Waals surface area contributed by atoms with E-state index in [2.05, 4.69) is 24.1 Å². The Hall–Kier alpha value is -0.770. The molecule has 1 atom stereocenters. The van der Waals surface area contributed by atoms with E-state index < -0.39 is 0 Å². The number of carbonyl (C=O) groups is 1. The molecule has 0 aromatic heterocycles. The van der Waals surface area contributed by atoms with Crippen molar-refractivity contribution in [3.05, 3.63) is 0 Å². The predicted molar refractivity (Wildman–Crippen MR) is 71.2 cm³/mol. The molecule has 1 heterocycles. The summed E-state index contributed by atoms with van der Waals surface area (Å²) in [5.41, 5.74) is 0. The second-order valence-corrected chi connectivity index (χ2v) is 4.89. The maximum absolute atomic E-state index is 11.8. The van der Waals surface area contributed by atoms with Crippen molar-refractivity contribution in [1.29, 1.82) is 0 Å². The average Bonchev–Trinajstić information content (AvgIpc) is 2.76. The van der Waals surface area contributed by atoms with Gasteiger partial charge in [0.2, 0.25) is 0 Å². The fraction of sp³-hybridized carbons (Fsp3) is 0.923. The third-order valence-electron chi connectivity index (χ3n) is 3.54. The summed E-state index contributed by atoms with van der Waals surface area (Å²) in [7, 11) is 1.90. The minimum absolute atomic E-state index is 0.0707. The number of unbranched alkanes of at least 4 members (excludes halogenated alkanes) is 1. The van der Waals surface area contributed by atoms with Crippen LogP contribution in [0.2, 0.25) is 0 Å². The summed E-state index contributed by atoms with van der Waals surface area (Å²) >= 11 is 0. The van der Waals surface area contributed by atoms with Crippen LogP contribution < -0.4 is 5.32 Å². The lowest BCUT2D eigenvalue weighted by Crippen LogP contribution is -2.45. The molecule has 0 saturated carbocycles. The highest BCUT2D eigenvalue weighted by atomic mass is 16.2. The summed E-state index contributed by atoms with van der Waals surface area (Å²) in [4.78, 5) is 16.1. The molecule has 1 aliphatic rings. The summed E-state index contributed by atoms with van der Waals surface area (Å²) in [6.07, 6.45) is 4.67. The lowest BCUT2D eigenvalue weighted by Gasteiger charge is -2.27. The highest BCUT2D eigenvalue weighted by Gasteiger charge is 2.25. The van der Waals surface area contributed by atoms with Crippen molar-refractivity contribution in [3.63, 3.8) is 0 Å². The van der Waals surface area contributed by atoms with Gasteiger partial charge in [-0.2, -0.15) is 0 Å². The van der Waals surface area contributed by atoms with Crippen LogP contribution in [0.3, 0.4) is 0 Å². The van der Waals surface area contributed by atoms with E-state index in [4.69, 9.17) is 0 Å². The van der Waals surface area contributed by atoms with Crippen molar-refractivity contribution in [2.75, 3.05) is 33.2 Å². The smallest absolute Gasteiger partial charge is 0.317 e. The third-order valence-corrected chi connectivity index (χ3v) is 3.54. The molecule has 1 unspecified atom stereocenters. The summed E-state index contributed by atoms with van der Waals surface area (Å²) in [6.45, 7) is 8.25. The van der Waals surface area contributed by atoms with Crippen LogP contribution in [0.5, 0.6) is 0 Å². The molecule has 0 aliphatic carbocycles. The molecule has 0 bridgehead atoms. The van der Waals surface area contributed by atoms with Crippen molar-refractivity contribution < 1.29 is 4.79 Å². The second kappa shape index (κ2) is 7.54. The fourth-order valence-electron chi connectivity index (χ4n) is 2.42. The van der Waals surface area contributed by atoms with Gasteiger partial charge in [0, 0.05) is 26.2 Å². The standard InChI is InChI=1S/C13H27N3O/c1-4-6-9-14-13(17)15(3)11-12-8-7-10-16(12)5-2/h12H,4-11H2,1-3H3,(H,14,17). The number of rotatable bonds is 6. The van der Waals surface area contributed by atoms with E-state index in [0.717, 1.165) is 32.5 Å². The third kappa shape index (κ3) is 4.54. The highest BCUT2D eigenvalue weighted by molar-refractivity contribution is 5.73. The van der Waals surface area contributed by atoms with Gasteiger partial charge in [0.1, 0.15) is 0 Å². The topological polar surface area (TPSA) is 35.6 Å². The van der Waals surface area contributed by atoms with Crippen LogP contribution in [-0.4, -0.2) is 55.1 Å². The van der Waals surface area contributed by atoms with Gasteiger partial charge in [-0.1, -0.05) is 20.3 Å². The lowest BCUT2D eigenvalue weighted by atomic mass is 10.2. The van der Waals surface area contributed by atoms with E-state index in [1.807, 2.05) is 11.9 Å². The summed E-state index contributed by atoms with van der Waals surface area (Å²) in [5, 5.41) is 2.96. The number of likely N-dealkylation sites (N-methyl/N-ethyl adjacent to an activating group) is 2. The molecule has 2 amide bonds. The zero-order valence-corrected chi connectivity index (χ0v) is 11.5. The molecular weight excluding hydrogens is 214 g/mol. The normalized spacial score (nSPS) is 20.5. The first kappa shape index (κ1) is 14.3. The van der Waals surface area contributed by atoms with Crippen molar-refractivity contribution in [2.45, 2.75) is 45.6 Å². The predicted octanol–water partition coefficient (Wildman–Crippen LogP) is 1.91. The fourth-order valence-corrected chi connectivity index (χ4v) is 2.42. The van der Waals surface area contributed by atoms with Gasteiger partial charge in [-0.15, -0.1) is 0 Å². The van der Waals surface area contributed by atoms with Gasteiger partial charge in [0.25, 0.3) is 0 Å². The minimum atomic E-state index is 0.0707. The van der Waals surface area contributed by atoms with Crippen LogP contribution in [0.25, 0.3) is 0 Å². The second-order valence-electron chi connectivity index (χ2n) is 4.89. The van der Waals surface area contributed by atoms with Crippen molar-refractivity contribution in [3.8, 4) is 0 Å². The summed E-state index contributed by atoms with van der Waals surface area (Å²) in [5.74, 6) is 0. The Morgan fingerprint density at radius 1 is 1.47 bits per heavy atom. The van der Waals surface area contributed by atoms with Gasteiger partial charge >= 0.3 is 6.03 Å². The van der Waals surface area contributed by atoms with Gasteiger partial charge in [-0.25, -0.2) is 4.79 Å². The highest BCUT2D eigenvalue weighted by Crippen LogP contribution is 2.17. The van der Waals surface area contributed by atoms with Crippen LogP contribution in [0, 0.1) is 0 Å². The largest absolute Gasteiger partial charge is 0.338 e. The van der Waals surface area contributed by atoms with Crippen LogP contribution in [0.15, 0.2) is 0 Å². The summed E-state index contributed by atoms with van der Waals surface area (Å²) < 4.78 is 0. The van der Waals surface area contributed by atoms with Gasteiger partial charge in [0.05, 0.1) is 0 Å². The number of hydrogen-bond acceptors (Lipinski definition) is 2. The van der Waals surface area contributed by atoms with Crippen molar-refractivity contribution >= 4 is 6.03 Å². The molecule has 4 heteroatoms. The lowest BCUT2D eigenvalue weighted by molar-refractivity contribution is 0.181. The maximum atomic E-state index is 11.8. The van der Waals surface area contributed by atoms with E-state index in [-0.39, 0.29) is 6.03 Å². The van der Waals surface area contributed by atoms with Gasteiger partial charge in [-0.05, 0) is 32.4 Å². The first-order valence-electron chi connectivity index (χ1n) is 6.92. The Balaban J connectivity index is 2.27. The first-order valence-corrected chi connectivity index (χ1v) is 6.92. The molecule has 17 heavy (non-hydrogen) atoms. The molecule has 1 fully saturated rings. The molecule has 0 aromatic rings. The van der Waals surface area contributed by atoms with Crippen molar-refractivity contribution in [2.24, 2.45) is 0 Å². The Morgan fingerprint density at radius 3 is 2.88 bits per heavy atom. The van der Waals surface area contributed by atoms with E-state index in [9.17, 15) is 4.79 Å². The van der Waals surface area contributed by atoms with Crippen LogP contribution >= 0.6 is 0 Å². The Kier molecular flexibility index (Phi) is 6.34. The van der Waals surface area contributed by atoms with E-state index >= 15 is 0 Å². The first-order chi connectivity index (χ1) is 8.19. The molecule has 4 nitrogen and oxygen atoms in total. The zero-order chi connectivity index (χ0) is 12.7. The van der Waals surface area contributed by atoms with Crippen LogP contribution in [0.4, 0.5) is 4.79 Å². The Morgan fingerprint density at radius 2 is 2.24 bits per heavy atom. The van der Waals surface area contributed by atoms with Gasteiger partial charge in [-0.3, -0.25) is 4.90 Å². The van der Waals surface area contributed by atoms with E-state index in [1.165, 1.54) is 19.4 Å². The number of urea groups is 1. The van der Waals surface area contributed by atoms with Crippen LogP contribution in [0.1, 0.15) is 39.5 Å². The van der Waals surface area contributed by atoms with Gasteiger partial charge < -0.3 is 10.2 Å². The molecule has 1 aliphatic heterocycles. The average molecular weight is 241 g/mol. The minimum Gasteiger partial charge on any atom is -0.338 e. The number of amides is 2. The van der Waals surface area contributed by atoms with Gasteiger partial charge in [0.15, 0.2) is 0 Å². The molecule has 0 radical (unpaired) electrons. The molecule has 0 aromatic carbocycles. The molecular formula is C13H27N3O. The van der Waals surface area contributed by atoms with Crippen LogP contribution in [-0.2, 0) is 0 Å². The number of carbonyl (C=O) groups excluding carboxylic acids is 1. The molecule has 1 N–H and O–H groups in total. The molecule has 100 valence electrons. The molecule has 1 saturated heterocycles. The Bertz CT molecular complexity index is 233. The van der Waals surface area contributed by atoms with E-state index in [0.29, 0.717) is 6.04 Å². The Labute approximate surface area is 105 Å². The monoisotopic (exact) mass is 241 g/mol. The SMILES string of the molecule is CCCCNC(=O)N(C)CC1CCCN1CC. The molecule has 0 spiro atoms. The van der Waals surface area contributed by atoms with Crippen molar-refractivity contribution in [1.82, 2.24) is 15.1 Å². The zero-order valence-electron chi connectivity index (χ0n) is 11.5.